The molecule has 1 amide bonds. The molecule has 0 aliphatic heterocycles. The van der Waals surface area contributed by atoms with Gasteiger partial charge in [0, 0.05) is 17.1 Å². The predicted octanol–water partition coefficient (Wildman–Crippen LogP) is 4.42. The average Bonchev–Trinajstić information content (AvgIpc) is 2.43. The molecule has 0 aromatic heterocycles. The quantitative estimate of drug-likeness (QED) is 0.824. The highest BCUT2D eigenvalue weighted by Crippen LogP contribution is 2.17. The molecule has 2 nitrogen and oxygen atoms in total. The SMILES string of the molecule is Cc1cc(C(=O)Nc2ccc(CBr)cc2)c(F)cc1F. The van der Waals surface area contributed by atoms with E-state index in [2.05, 4.69) is 21.2 Å². The molecule has 0 spiro atoms. The Morgan fingerprint density at radius 1 is 1.15 bits per heavy atom. The lowest BCUT2D eigenvalue weighted by Gasteiger charge is -2.08. The number of rotatable bonds is 3. The van der Waals surface area contributed by atoms with Crippen LogP contribution in [0.5, 0.6) is 0 Å². The minimum absolute atomic E-state index is 0.173. The van der Waals surface area contributed by atoms with Crippen LogP contribution < -0.4 is 5.32 Å². The molecular weight excluding hydrogens is 328 g/mol. The molecule has 1 N–H and O–H groups in total. The normalized spacial score (nSPS) is 10.4. The fourth-order valence-corrected chi connectivity index (χ4v) is 2.08. The second-order valence-corrected chi connectivity index (χ2v) is 4.93. The van der Waals surface area contributed by atoms with Gasteiger partial charge in [-0.15, -0.1) is 0 Å². The van der Waals surface area contributed by atoms with Crippen molar-refractivity contribution in [2.45, 2.75) is 12.3 Å². The molecule has 0 atom stereocenters. The van der Waals surface area contributed by atoms with Crippen molar-refractivity contribution in [3.63, 3.8) is 0 Å². The molecule has 2 aromatic rings. The highest BCUT2D eigenvalue weighted by atomic mass is 79.9. The molecule has 0 aliphatic rings. The van der Waals surface area contributed by atoms with Crippen LogP contribution in [0.25, 0.3) is 0 Å². The van der Waals surface area contributed by atoms with E-state index in [1.54, 1.807) is 12.1 Å². The van der Waals surface area contributed by atoms with Gasteiger partial charge in [-0.2, -0.15) is 0 Å². The first-order chi connectivity index (χ1) is 9.51. The second kappa shape index (κ2) is 6.13. The lowest BCUT2D eigenvalue weighted by Crippen LogP contribution is -2.14. The summed E-state index contributed by atoms with van der Waals surface area (Å²) in [5, 5.41) is 3.30. The summed E-state index contributed by atoms with van der Waals surface area (Å²) in [6.45, 7) is 1.48. The third-order valence-electron chi connectivity index (χ3n) is 2.86. The van der Waals surface area contributed by atoms with Crippen molar-refractivity contribution in [3.05, 3.63) is 64.7 Å². The predicted molar refractivity (Wildman–Crippen MR) is 78.1 cm³/mol. The molecule has 0 bridgehead atoms. The van der Waals surface area contributed by atoms with Gasteiger partial charge in [-0.25, -0.2) is 8.78 Å². The van der Waals surface area contributed by atoms with E-state index in [1.807, 2.05) is 12.1 Å². The standard InChI is InChI=1S/C15H12BrF2NO/c1-9-6-12(14(18)7-13(9)17)15(20)19-11-4-2-10(8-16)3-5-11/h2-7H,8H2,1H3,(H,19,20). The van der Waals surface area contributed by atoms with Crippen molar-refractivity contribution < 1.29 is 13.6 Å². The molecule has 0 unspecified atom stereocenters. The maximum atomic E-state index is 13.6. The highest BCUT2D eigenvalue weighted by Gasteiger charge is 2.14. The van der Waals surface area contributed by atoms with E-state index >= 15 is 0 Å². The molecule has 0 fully saturated rings. The summed E-state index contributed by atoms with van der Waals surface area (Å²) in [6, 6.07) is 9.06. The third-order valence-corrected chi connectivity index (χ3v) is 3.51. The number of alkyl halides is 1. The fourth-order valence-electron chi connectivity index (χ4n) is 1.71. The van der Waals surface area contributed by atoms with Gasteiger partial charge in [-0.1, -0.05) is 28.1 Å². The number of aryl methyl sites for hydroxylation is 1. The Bertz CT molecular complexity index is 641. The van der Waals surface area contributed by atoms with E-state index in [0.29, 0.717) is 11.0 Å². The van der Waals surface area contributed by atoms with E-state index in [4.69, 9.17) is 0 Å². The molecule has 0 aliphatic carbocycles. The van der Waals surface area contributed by atoms with Crippen LogP contribution in [-0.4, -0.2) is 5.91 Å². The summed E-state index contributed by atoms with van der Waals surface area (Å²) in [5.41, 5.74) is 1.67. The molecule has 0 heterocycles. The number of nitrogens with one attached hydrogen (secondary N) is 1. The molecule has 104 valence electrons. The molecule has 0 saturated heterocycles. The Balaban J connectivity index is 2.21. The van der Waals surface area contributed by atoms with Crippen LogP contribution in [0, 0.1) is 18.6 Å². The number of hydrogen-bond donors (Lipinski definition) is 1. The van der Waals surface area contributed by atoms with Gasteiger partial charge in [0.05, 0.1) is 5.56 Å². The van der Waals surface area contributed by atoms with Crippen LogP contribution in [-0.2, 0) is 5.33 Å². The maximum absolute atomic E-state index is 13.6. The second-order valence-electron chi connectivity index (χ2n) is 4.37. The Hall–Kier alpha value is -1.75. The first kappa shape index (κ1) is 14.7. The lowest BCUT2D eigenvalue weighted by molar-refractivity contribution is 0.102. The van der Waals surface area contributed by atoms with Crippen LogP contribution >= 0.6 is 15.9 Å². The van der Waals surface area contributed by atoms with Gasteiger partial charge >= 0.3 is 0 Å². The van der Waals surface area contributed by atoms with E-state index in [9.17, 15) is 13.6 Å². The van der Waals surface area contributed by atoms with Crippen LogP contribution in [0.15, 0.2) is 36.4 Å². The first-order valence-electron chi connectivity index (χ1n) is 5.93. The summed E-state index contributed by atoms with van der Waals surface area (Å²) in [7, 11) is 0. The van der Waals surface area contributed by atoms with E-state index in [0.717, 1.165) is 11.6 Å². The topological polar surface area (TPSA) is 29.1 Å². The largest absolute Gasteiger partial charge is 0.322 e. The summed E-state index contributed by atoms with van der Waals surface area (Å²) < 4.78 is 26.8. The lowest BCUT2D eigenvalue weighted by atomic mass is 10.1. The molecule has 2 rings (SSSR count). The fraction of sp³-hybridized carbons (Fsp3) is 0.133. The Morgan fingerprint density at radius 3 is 2.40 bits per heavy atom. The zero-order valence-electron chi connectivity index (χ0n) is 10.7. The van der Waals surface area contributed by atoms with Crippen molar-refractivity contribution >= 4 is 27.5 Å². The van der Waals surface area contributed by atoms with Crippen molar-refractivity contribution in [1.82, 2.24) is 0 Å². The van der Waals surface area contributed by atoms with Crippen LogP contribution in [0.4, 0.5) is 14.5 Å². The van der Waals surface area contributed by atoms with Crippen molar-refractivity contribution in [1.29, 1.82) is 0 Å². The molecular formula is C15H12BrF2NO. The average molecular weight is 340 g/mol. The van der Waals surface area contributed by atoms with Gasteiger partial charge in [-0.3, -0.25) is 4.79 Å². The molecule has 2 aromatic carbocycles. The monoisotopic (exact) mass is 339 g/mol. The van der Waals surface area contributed by atoms with Crippen LogP contribution in [0.3, 0.4) is 0 Å². The van der Waals surface area contributed by atoms with E-state index < -0.39 is 17.5 Å². The van der Waals surface area contributed by atoms with Crippen LogP contribution in [0.2, 0.25) is 0 Å². The number of anilines is 1. The Kier molecular flexibility index (Phi) is 4.49. The van der Waals surface area contributed by atoms with Crippen molar-refractivity contribution in [2.24, 2.45) is 0 Å². The van der Waals surface area contributed by atoms with Gasteiger partial charge in [0.15, 0.2) is 0 Å². The first-order valence-corrected chi connectivity index (χ1v) is 7.05. The summed E-state index contributed by atoms with van der Waals surface area (Å²) in [4.78, 5) is 12.0. The number of halogens is 3. The molecule has 20 heavy (non-hydrogen) atoms. The Labute approximate surface area is 123 Å². The van der Waals surface area contributed by atoms with Gasteiger partial charge in [-0.05, 0) is 36.2 Å². The van der Waals surface area contributed by atoms with Crippen molar-refractivity contribution in [2.75, 3.05) is 5.32 Å². The highest BCUT2D eigenvalue weighted by molar-refractivity contribution is 9.08. The van der Waals surface area contributed by atoms with E-state index in [1.165, 1.54) is 13.0 Å². The number of carbonyl (C=O) groups excluding carboxylic acids is 1. The summed E-state index contributed by atoms with van der Waals surface area (Å²) >= 11 is 3.32. The number of carbonyl (C=O) groups is 1. The van der Waals surface area contributed by atoms with E-state index in [-0.39, 0.29) is 11.1 Å². The number of amides is 1. The smallest absolute Gasteiger partial charge is 0.258 e. The minimum Gasteiger partial charge on any atom is -0.322 e. The maximum Gasteiger partial charge on any atom is 0.258 e. The molecule has 5 heteroatoms. The number of benzene rings is 2. The van der Waals surface area contributed by atoms with Gasteiger partial charge in [0.2, 0.25) is 0 Å². The summed E-state index contributed by atoms with van der Waals surface area (Å²) in [6.07, 6.45) is 0. The molecule has 0 radical (unpaired) electrons. The zero-order valence-corrected chi connectivity index (χ0v) is 12.3. The zero-order chi connectivity index (χ0) is 14.7. The number of hydrogen-bond acceptors (Lipinski definition) is 1. The molecule has 0 saturated carbocycles. The van der Waals surface area contributed by atoms with Gasteiger partial charge in [0.1, 0.15) is 11.6 Å². The Morgan fingerprint density at radius 2 is 1.80 bits per heavy atom. The van der Waals surface area contributed by atoms with Gasteiger partial charge in [0.25, 0.3) is 5.91 Å². The van der Waals surface area contributed by atoms with Crippen molar-refractivity contribution in [3.8, 4) is 0 Å². The van der Waals surface area contributed by atoms with Crippen LogP contribution in [0.1, 0.15) is 21.5 Å². The minimum atomic E-state index is -0.873. The third kappa shape index (κ3) is 3.22. The summed E-state index contributed by atoms with van der Waals surface area (Å²) in [5.74, 6) is -2.14. The van der Waals surface area contributed by atoms with Gasteiger partial charge < -0.3 is 5.32 Å².